The van der Waals surface area contributed by atoms with Crippen molar-refractivity contribution in [3.05, 3.63) is 12.8 Å². The van der Waals surface area contributed by atoms with Crippen molar-refractivity contribution in [1.82, 2.24) is 16.0 Å². The molecule has 1 aliphatic heterocycles. The minimum Gasteiger partial charge on any atom is -0.501 e. The van der Waals surface area contributed by atoms with Gasteiger partial charge in [-0.2, -0.15) is 0 Å². The summed E-state index contributed by atoms with van der Waals surface area (Å²) in [5.74, 6) is -4.89. The maximum absolute atomic E-state index is 13.7. The highest BCUT2D eigenvalue weighted by Gasteiger charge is 2.55. The molecule has 3 amide bonds. The smallest absolute Gasteiger partial charge is 0.332 e. The van der Waals surface area contributed by atoms with Crippen LogP contribution in [-0.4, -0.2) is 159 Å². The normalized spacial score (nSPS) is 31.7. The number of hydrogen-bond donors (Lipinski definition) is 10. The fourth-order valence-corrected chi connectivity index (χ4v) is 8.54. The molecule has 1 heterocycles. The number of carbonyl (C=O) groups is 4. The molecule has 0 aromatic carbocycles. The molecule has 0 aromatic heterocycles. The first-order valence-electron chi connectivity index (χ1n) is 21.3. The van der Waals surface area contributed by atoms with Gasteiger partial charge in [0.05, 0.1) is 43.2 Å². The van der Waals surface area contributed by atoms with Crippen molar-refractivity contribution in [3.8, 4) is 0 Å². The highest BCUT2D eigenvalue weighted by Crippen LogP contribution is 2.45. The van der Waals surface area contributed by atoms with E-state index in [9.17, 15) is 54.9 Å². The molecule has 8 unspecified atom stereocenters. The van der Waals surface area contributed by atoms with Crippen molar-refractivity contribution >= 4 is 23.7 Å². The van der Waals surface area contributed by atoms with Gasteiger partial charge in [-0.25, -0.2) is 4.79 Å². The Hall–Kier alpha value is -2.98. The molecule has 1 saturated heterocycles. The van der Waals surface area contributed by atoms with Crippen molar-refractivity contribution in [1.29, 1.82) is 0 Å². The van der Waals surface area contributed by atoms with E-state index in [1.807, 2.05) is 6.92 Å². The third-order valence-electron chi connectivity index (χ3n) is 12.3. The van der Waals surface area contributed by atoms with Crippen molar-refractivity contribution < 1.29 is 78.6 Å². The molecule has 3 aliphatic rings. The van der Waals surface area contributed by atoms with Crippen LogP contribution in [0.25, 0.3) is 0 Å². The lowest BCUT2D eigenvalue weighted by atomic mass is 9.68. The SMILES string of the molecule is C=COCCC(=O)NCCNC(=O)C1CC(CC)[C@](C)(OC2O[C@@H](C)C(O)C(O)[C@@H]2O)[C@H](O[C@H](O)C(NC(C)=O)C(O[C@@H](CC2CCCCC2)C(=O)O)[C@@H](O)C(C)CO)C1. The van der Waals surface area contributed by atoms with E-state index in [4.69, 9.17) is 23.7 Å². The molecule has 3 fully saturated rings. The molecule has 60 heavy (non-hydrogen) atoms. The molecule has 2 saturated carbocycles. The Balaban J connectivity index is 1.98. The number of hydrogen-bond acceptors (Lipinski definition) is 15. The summed E-state index contributed by atoms with van der Waals surface area (Å²) in [6, 6.07) is -1.63. The van der Waals surface area contributed by atoms with Crippen molar-refractivity contribution in [2.24, 2.45) is 23.7 Å². The number of nitrogens with one attached hydrogen (secondary N) is 3. The summed E-state index contributed by atoms with van der Waals surface area (Å²) in [6.07, 6.45) is -8.90. The number of aliphatic hydroxyl groups is 6. The number of rotatable bonds is 24. The monoisotopic (exact) mass is 861 g/mol. The Kier molecular flexibility index (Phi) is 21.1. The zero-order valence-electron chi connectivity index (χ0n) is 35.6. The van der Waals surface area contributed by atoms with Gasteiger partial charge in [-0.1, -0.05) is 59.0 Å². The van der Waals surface area contributed by atoms with Crippen LogP contribution in [0, 0.1) is 23.7 Å². The molecule has 2 aliphatic carbocycles. The lowest BCUT2D eigenvalue weighted by molar-refractivity contribution is -0.351. The average molecular weight is 862 g/mol. The summed E-state index contributed by atoms with van der Waals surface area (Å²) in [7, 11) is 0. The van der Waals surface area contributed by atoms with Gasteiger partial charge in [0.15, 0.2) is 18.7 Å². The van der Waals surface area contributed by atoms with Crippen LogP contribution < -0.4 is 16.0 Å². The Morgan fingerprint density at radius 1 is 1.00 bits per heavy atom. The Morgan fingerprint density at radius 2 is 1.67 bits per heavy atom. The van der Waals surface area contributed by atoms with Crippen molar-refractivity contribution in [2.45, 2.75) is 172 Å². The third kappa shape index (κ3) is 14.3. The summed E-state index contributed by atoms with van der Waals surface area (Å²) in [5.41, 5.74) is -1.50. The highest BCUT2D eigenvalue weighted by atomic mass is 16.7. The van der Waals surface area contributed by atoms with Crippen LogP contribution in [0.1, 0.15) is 98.8 Å². The number of carbonyl (C=O) groups excluding carboxylic acids is 3. The van der Waals surface area contributed by atoms with E-state index in [-0.39, 0.29) is 57.2 Å². The Labute approximate surface area is 352 Å². The van der Waals surface area contributed by atoms with Crippen LogP contribution in [0.5, 0.6) is 0 Å². The molecular weight excluding hydrogens is 790 g/mol. The largest absolute Gasteiger partial charge is 0.501 e. The lowest BCUT2D eigenvalue weighted by Gasteiger charge is -2.52. The number of amides is 3. The number of ether oxygens (including phenoxy) is 5. The summed E-state index contributed by atoms with van der Waals surface area (Å²) in [4.78, 5) is 51.2. The number of aliphatic carboxylic acids is 1. The zero-order chi connectivity index (χ0) is 44.7. The molecule has 0 bridgehead atoms. The van der Waals surface area contributed by atoms with Crippen LogP contribution >= 0.6 is 0 Å². The van der Waals surface area contributed by atoms with Crippen LogP contribution in [0.4, 0.5) is 0 Å². The summed E-state index contributed by atoms with van der Waals surface area (Å²) >= 11 is 0. The van der Waals surface area contributed by atoms with Gasteiger partial charge < -0.3 is 75.4 Å². The minimum absolute atomic E-state index is 0.0235. The van der Waals surface area contributed by atoms with Crippen LogP contribution in [0.3, 0.4) is 0 Å². The second-order valence-electron chi connectivity index (χ2n) is 16.7. The average Bonchev–Trinajstić information content (AvgIpc) is 3.21. The minimum atomic E-state index is -2.06. The van der Waals surface area contributed by atoms with Crippen LogP contribution in [0.2, 0.25) is 0 Å². The van der Waals surface area contributed by atoms with Crippen molar-refractivity contribution in [3.63, 3.8) is 0 Å². The molecule has 0 spiro atoms. The highest BCUT2D eigenvalue weighted by molar-refractivity contribution is 5.79. The van der Waals surface area contributed by atoms with Gasteiger partial charge in [-0.15, -0.1) is 0 Å². The Morgan fingerprint density at radius 3 is 2.27 bits per heavy atom. The van der Waals surface area contributed by atoms with E-state index in [1.54, 1.807) is 6.92 Å². The number of carboxylic acids is 1. The summed E-state index contributed by atoms with van der Waals surface area (Å²) < 4.78 is 29.8. The van der Waals surface area contributed by atoms with Gasteiger partial charge in [-0.05, 0) is 44.9 Å². The quantitative estimate of drug-likeness (QED) is 0.0342. The standard InChI is InChI=1S/C41H71N3O16/c1-7-27-19-26(37(52)43-16-15-42-30(47)14-17-56-8-2)20-29(41(27,6)60-40-35(51)34(50)33(49)23(4)57-40)59-39(55)31(44-24(5)46)36(32(48)22(3)21-45)58-28(38(53)54)18-25-12-10-9-11-13-25/h8,22-23,25-29,31-36,39-40,45,48-51,55H,2,7,9-21H2,1,3-6H3,(H,42,47)(H,43,52)(H,44,46)(H,53,54)/t22?,23-,26?,27?,28-,29+,31?,32-,33?,34?,35-,36?,39-,40?,41-/m0/s1. The Bertz CT molecular complexity index is 1370. The third-order valence-corrected chi connectivity index (χ3v) is 12.3. The summed E-state index contributed by atoms with van der Waals surface area (Å²) in [5, 5.41) is 84.0. The summed E-state index contributed by atoms with van der Waals surface area (Å²) in [6.45, 7) is 10.8. The predicted octanol–water partition coefficient (Wildman–Crippen LogP) is -0.186. The van der Waals surface area contributed by atoms with E-state index in [0.717, 1.165) is 39.0 Å². The van der Waals surface area contributed by atoms with Gasteiger partial charge in [0, 0.05) is 38.5 Å². The first kappa shape index (κ1) is 51.4. The topological polar surface area (TPSA) is 292 Å². The number of aliphatic hydroxyl groups excluding tert-OH is 6. The molecule has 3 rings (SSSR count). The van der Waals surface area contributed by atoms with Gasteiger partial charge in [0.25, 0.3) is 0 Å². The van der Waals surface area contributed by atoms with Gasteiger partial charge >= 0.3 is 5.97 Å². The second kappa shape index (κ2) is 24.6. The molecule has 19 nitrogen and oxygen atoms in total. The van der Waals surface area contributed by atoms with E-state index >= 15 is 0 Å². The maximum atomic E-state index is 13.7. The fraction of sp³-hybridized carbons (Fsp3) is 0.854. The van der Waals surface area contributed by atoms with Gasteiger partial charge in [-0.3, -0.25) is 14.4 Å². The van der Waals surface area contributed by atoms with E-state index < -0.39 is 115 Å². The fourth-order valence-electron chi connectivity index (χ4n) is 8.54. The molecule has 346 valence electrons. The predicted molar refractivity (Wildman–Crippen MR) is 213 cm³/mol. The molecule has 0 radical (unpaired) electrons. The van der Waals surface area contributed by atoms with E-state index in [0.29, 0.717) is 6.42 Å². The maximum Gasteiger partial charge on any atom is 0.332 e. The first-order chi connectivity index (χ1) is 28.4. The van der Waals surface area contributed by atoms with Gasteiger partial charge in [0.2, 0.25) is 17.7 Å². The molecule has 15 atom stereocenters. The first-order valence-corrected chi connectivity index (χ1v) is 21.3. The van der Waals surface area contributed by atoms with E-state index in [1.165, 1.54) is 20.1 Å². The lowest BCUT2D eigenvalue weighted by Crippen LogP contribution is -2.65. The number of carboxylic acid groups (broad SMARTS) is 1. The molecule has 19 heteroatoms. The van der Waals surface area contributed by atoms with Crippen LogP contribution in [-0.2, 0) is 42.9 Å². The second-order valence-corrected chi connectivity index (χ2v) is 16.7. The van der Waals surface area contributed by atoms with Gasteiger partial charge in [0.1, 0.15) is 30.5 Å². The zero-order valence-corrected chi connectivity index (χ0v) is 35.6. The van der Waals surface area contributed by atoms with Crippen LogP contribution in [0.15, 0.2) is 12.8 Å². The molecular formula is C41H71N3O16. The molecule has 0 aromatic rings. The van der Waals surface area contributed by atoms with Crippen molar-refractivity contribution in [2.75, 3.05) is 26.3 Å². The van der Waals surface area contributed by atoms with E-state index in [2.05, 4.69) is 22.5 Å². The molecule has 10 N–H and O–H groups in total.